The molecule has 0 bridgehead atoms. The van der Waals surface area contributed by atoms with Gasteiger partial charge in [-0.25, -0.2) is 9.18 Å². The largest absolute Gasteiger partial charge is 0.488 e. The van der Waals surface area contributed by atoms with Crippen molar-refractivity contribution in [2.24, 2.45) is 0 Å². The lowest BCUT2D eigenvalue weighted by Crippen LogP contribution is -2.09. The zero-order valence-corrected chi connectivity index (χ0v) is 12.0. The van der Waals surface area contributed by atoms with Crippen LogP contribution >= 0.6 is 11.6 Å². The highest BCUT2D eigenvalue weighted by molar-refractivity contribution is 6.31. The zero-order chi connectivity index (χ0) is 15.4. The number of benzene rings is 2. The molecule has 4 nitrogen and oxygen atoms in total. The van der Waals surface area contributed by atoms with Crippen molar-refractivity contribution in [2.45, 2.75) is 6.61 Å². The van der Waals surface area contributed by atoms with Crippen molar-refractivity contribution in [1.82, 2.24) is 0 Å². The van der Waals surface area contributed by atoms with Crippen LogP contribution in [0.3, 0.4) is 0 Å². The Morgan fingerprint density at radius 1 is 1.29 bits per heavy atom. The van der Waals surface area contributed by atoms with E-state index in [2.05, 4.69) is 4.74 Å². The van der Waals surface area contributed by atoms with E-state index in [4.69, 9.17) is 22.1 Å². The summed E-state index contributed by atoms with van der Waals surface area (Å²) in [5.74, 6) is -0.880. The highest BCUT2D eigenvalue weighted by Gasteiger charge is 2.17. The van der Waals surface area contributed by atoms with E-state index < -0.39 is 11.8 Å². The summed E-state index contributed by atoms with van der Waals surface area (Å²) in [5.41, 5.74) is 6.59. The van der Waals surface area contributed by atoms with Crippen LogP contribution in [-0.2, 0) is 11.3 Å². The molecule has 0 aliphatic rings. The molecular weight excluding hydrogens is 297 g/mol. The Labute approximate surface area is 126 Å². The van der Waals surface area contributed by atoms with Gasteiger partial charge in [0.2, 0.25) is 0 Å². The number of carbonyl (C=O) groups is 1. The van der Waals surface area contributed by atoms with Gasteiger partial charge in [-0.3, -0.25) is 0 Å². The van der Waals surface area contributed by atoms with Gasteiger partial charge < -0.3 is 15.2 Å². The molecule has 0 radical (unpaired) electrons. The van der Waals surface area contributed by atoms with E-state index in [1.807, 2.05) is 0 Å². The summed E-state index contributed by atoms with van der Waals surface area (Å²) < 4.78 is 23.5. The molecule has 0 heterocycles. The standard InChI is InChI=1S/C15H13ClFNO3/c1-20-15(19)13-11(18)6-3-7-12(13)21-8-9-4-2-5-10(17)14(9)16/h2-7H,8,18H2,1H3. The second-order valence-corrected chi connectivity index (χ2v) is 4.59. The van der Waals surface area contributed by atoms with E-state index in [9.17, 15) is 9.18 Å². The molecule has 0 atom stereocenters. The molecule has 0 aliphatic carbocycles. The van der Waals surface area contributed by atoms with E-state index in [-0.39, 0.29) is 28.6 Å². The van der Waals surface area contributed by atoms with Gasteiger partial charge in [0, 0.05) is 11.3 Å². The molecule has 6 heteroatoms. The molecule has 2 aromatic rings. The summed E-state index contributed by atoms with van der Waals surface area (Å²) >= 11 is 5.85. The predicted octanol–water partition coefficient (Wildman–Crippen LogP) is 3.43. The molecule has 0 aliphatic heterocycles. The van der Waals surface area contributed by atoms with Gasteiger partial charge in [-0.05, 0) is 18.2 Å². The number of anilines is 1. The van der Waals surface area contributed by atoms with Crippen molar-refractivity contribution >= 4 is 23.3 Å². The quantitative estimate of drug-likeness (QED) is 0.694. The van der Waals surface area contributed by atoms with Gasteiger partial charge >= 0.3 is 5.97 Å². The van der Waals surface area contributed by atoms with Crippen molar-refractivity contribution in [3.05, 3.63) is 58.4 Å². The lowest BCUT2D eigenvalue weighted by Gasteiger charge is -2.13. The van der Waals surface area contributed by atoms with Crippen molar-refractivity contribution in [1.29, 1.82) is 0 Å². The summed E-state index contributed by atoms with van der Waals surface area (Å²) in [6.45, 7) is 0.00401. The number of halogens is 2. The first-order valence-electron chi connectivity index (χ1n) is 6.07. The second kappa shape index (κ2) is 6.45. The molecule has 0 spiro atoms. The Morgan fingerprint density at radius 3 is 2.71 bits per heavy atom. The van der Waals surface area contributed by atoms with Crippen molar-refractivity contribution in [3.63, 3.8) is 0 Å². The minimum Gasteiger partial charge on any atom is -0.488 e. The Kier molecular flexibility index (Phi) is 4.65. The van der Waals surface area contributed by atoms with Crippen LogP contribution in [0.5, 0.6) is 5.75 Å². The number of nitrogen functional groups attached to an aromatic ring is 1. The van der Waals surface area contributed by atoms with Gasteiger partial charge in [-0.1, -0.05) is 29.8 Å². The van der Waals surface area contributed by atoms with Crippen LogP contribution < -0.4 is 10.5 Å². The maximum Gasteiger partial charge on any atom is 0.343 e. The van der Waals surface area contributed by atoms with Gasteiger partial charge in [-0.2, -0.15) is 0 Å². The summed E-state index contributed by atoms with van der Waals surface area (Å²) in [5, 5.41) is -0.0129. The fourth-order valence-corrected chi connectivity index (χ4v) is 1.98. The first-order chi connectivity index (χ1) is 10.0. The fourth-order valence-electron chi connectivity index (χ4n) is 1.80. The zero-order valence-electron chi connectivity index (χ0n) is 11.2. The van der Waals surface area contributed by atoms with Crippen LogP contribution in [0.2, 0.25) is 5.02 Å². The third-order valence-corrected chi connectivity index (χ3v) is 3.29. The minimum absolute atomic E-state index is 0.00401. The molecule has 0 amide bonds. The van der Waals surface area contributed by atoms with E-state index in [1.54, 1.807) is 24.3 Å². The number of rotatable bonds is 4. The summed E-state index contributed by atoms with van der Waals surface area (Å²) in [7, 11) is 1.25. The van der Waals surface area contributed by atoms with E-state index in [1.165, 1.54) is 19.2 Å². The number of ether oxygens (including phenoxy) is 2. The summed E-state index contributed by atoms with van der Waals surface area (Å²) in [6, 6.07) is 9.20. The van der Waals surface area contributed by atoms with Crippen LogP contribution in [0.25, 0.3) is 0 Å². The Bertz CT molecular complexity index is 676. The first-order valence-corrected chi connectivity index (χ1v) is 6.45. The molecular formula is C15H13ClFNO3. The van der Waals surface area contributed by atoms with E-state index in [0.717, 1.165) is 0 Å². The Morgan fingerprint density at radius 2 is 2.00 bits per heavy atom. The van der Waals surface area contributed by atoms with Crippen molar-refractivity contribution in [3.8, 4) is 5.75 Å². The normalized spacial score (nSPS) is 10.2. The molecule has 2 rings (SSSR count). The average Bonchev–Trinajstić information content (AvgIpc) is 2.48. The molecule has 0 unspecified atom stereocenters. The second-order valence-electron chi connectivity index (χ2n) is 4.21. The molecule has 110 valence electrons. The van der Waals surface area contributed by atoms with Gasteiger partial charge in [0.25, 0.3) is 0 Å². The molecule has 0 aromatic heterocycles. The van der Waals surface area contributed by atoms with Gasteiger partial charge in [0.05, 0.1) is 12.1 Å². The van der Waals surface area contributed by atoms with Gasteiger partial charge in [0.1, 0.15) is 23.7 Å². The first kappa shape index (κ1) is 15.1. The maximum atomic E-state index is 13.3. The maximum absolute atomic E-state index is 13.3. The number of methoxy groups -OCH3 is 1. The van der Waals surface area contributed by atoms with Crippen LogP contribution in [-0.4, -0.2) is 13.1 Å². The molecule has 0 saturated heterocycles. The molecule has 2 N–H and O–H groups in total. The third-order valence-electron chi connectivity index (χ3n) is 2.86. The smallest absolute Gasteiger partial charge is 0.343 e. The Hall–Kier alpha value is -2.27. The number of hydrogen-bond donors (Lipinski definition) is 1. The van der Waals surface area contributed by atoms with Crippen LogP contribution in [0.15, 0.2) is 36.4 Å². The molecule has 2 aromatic carbocycles. The lowest BCUT2D eigenvalue weighted by atomic mass is 10.1. The van der Waals surface area contributed by atoms with Crippen LogP contribution in [0, 0.1) is 5.82 Å². The third kappa shape index (κ3) is 3.25. The Balaban J connectivity index is 2.26. The van der Waals surface area contributed by atoms with Crippen LogP contribution in [0.4, 0.5) is 10.1 Å². The highest BCUT2D eigenvalue weighted by Crippen LogP contribution is 2.27. The molecule has 21 heavy (non-hydrogen) atoms. The van der Waals surface area contributed by atoms with E-state index >= 15 is 0 Å². The number of carbonyl (C=O) groups excluding carboxylic acids is 1. The fraction of sp³-hybridized carbons (Fsp3) is 0.133. The van der Waals surface area contributed by atoms with E-state index in [0.29, 0.717) is 5.56 Å². The van der Waals surface area contributed by atoms with Crippen LogP contribution in [0.1, 0.15) is 15.9 Å². The highest BCUT2D eigenvalue weighted by atomic mass is 35.5. The SMILES string of the molecule is COC(=O)c1c(N)cccc1OCc1cccc(F)c1Cl. The summed E-state index contributed by atoms with van der Waals surface area (Å²) in [6.07, 6.45) is 0. The van der Waals surface area contributed by atoms with Gasteiger partial charge in [-0.15, -0.1) is 0 Å². The number of hydrogen-bond acceptors (Lipinski definition) is 4. The van der Waals surface area contributed by atoms with Crippen molar-refractivity contribution < 1.29 is 18.7 Å². The predicted molar refractivity (Wildman–Crippen MR) is 77.9 cm³/mol. The lowest BCUT2D eigenvalue weighted by molar-refractivity contribution is 0.0597. The average molecular weight is 310 g/mol. The topological polar surface area (TPSA) is 61.5 Å². The monoisotopic (exact) mass is 309 g/mol. The van der Waals surface area contributed by atoms with Gasteiger partial charge in [0.15, 0.2) is 0 Å². The molecule has 0 saturated carbocycles. The number of nitrogens with two attached hydrogens (primary N) is 1. The minimum atomic E-state index is -0.603. The number of esters is 1. The summed E-state index contributed by atoms with van der Waals surface area (Å²) in [4.78, 5) is 11.7. The van der Waals surface area contributed by atoms with Crippen molar-refractivity contribution in [2.75, 3.05) is 12.8 Å². The molecule has 0 fully saturated rings.